The van der Waals surface area contributed by atoms with Crippen LogP contribution in [-0.4, -0.2) is 18.8 Å². The molecule has 1 aromatic carbocycles. The summed E-state index contributed by atoms with van der Waals surface area (Å²) in [5, 5.41) is 3.90. The first kappa shape index (κ1) is 16.2. The molecule has 0 saturated carbocycles. The summed E-state index contributed by atoms with van der Waals surface area (Å²) in [6.07, 6.45) is 2.18. The van der Waals surface area contributed by atoms with Gasteiger partial charge in [-0.2, -0.15) is 0 Å². The van der Waals surface area contributed by atoms with Gasteiger partial charge in [-0.1, -0.05) is 49.3 Å². The van der Waals surface area contributed by atoms with Crippen LogP contribution in [0.2, 0.25) is 0 Å². The lowest BCUT2D eigenvalue weighted by Crippen LogP contribution is -2.23. The third-order valence-electron chi connectivity index (χ3n) is 2.98. The highest BCUT2D eigenvalue weighted by molar-refractivity contribution is 5.76. The number of hydrogen-bond donors (Lipinski definition) is 0. The minimum atomic E-state index is -0.169. The van der Waals surface area contributed by atoms with Gasteiger partial charge in [0.1, 0.15) is 6.61 Å². The molecule has 1 aromatic rings. The van der Waals surface area contributed by atoms with E-state index in [-0.39, 0.29) is 17.8 Å². The van der Waals surface area contributed by atoms with Gasteiger partial charge in [-0.25, -0.2) is 0 Å². The van der Waals surface area contributed by atoms with Crippen molar-refractivity contribution in [2.24, 2.45) is 17.0 Å². The minimum Gasteiger partial charge on any atom is -0.466 e. The van der Waals surface area contributed by atoms with Crippen molar-refractivity contribution in [1.82, 2.24) is 0 Å². The Balaban J connectivity index is 2.35. The number of oxime groups is 1. The number of rotatable bonds is 8. The standard InChI is InChI=1S/C16H23NO3/c1-4-19-16(18)15(13(2)3)10-11-17-20-12-14-8-6-5-7-9-14/h5-9,11,13,15H,4,10,12H2,1-3H3/b17-11+. The van der Waals surface area contributed by atoms with Gasteiger partial charge in [0.15, 0.2) is 0 Å². The Labute approximate surface area is 120 Å². The Bertz CT molecular complexity index is 415. The molecular formula is C16H23NO3. The van der Waals surface area contributed by atoms with Crippen LogP contribution in [-0.2, 0) is 21.0 Å². The van der Waals surface area contributed by atoms with Crippen molar-refractivity contribution in [3.05, 3.63) is 35.9 Å². The third-order valence-corrected chi connectivity index (χ3v) is 2.98. The highest BCUT2D eigenvalue weighted by atomic mass is 16.6. The molecular weight excluding hydrogens is 254 g/mol. The van der Waals surface area contributed by atoms with Crippen LogP contribution < -0.4 is 0 Å². The Kier molecular flexibility index (Phi) is 7.40. The first-order valence-electron chi connectivity index (χ1n) is 6.99. The van der Waals surface area contributed by atoms with Crippen molar-refractivity contribution in [2.75, 3.05) is 6.61 Å². The van der Waals surface area contributed by atoms with Crippen molar-refractivity contribution >= 4 is 12.2 Å². The molecule has 0 saturated heterocycles. The molecule has 0 aliphatic heterocycles. The average molecular weight is 277 g/mol. The van der Waals surface area contributed by atoms with Crippen molar-refractivity contribution in [2.45, 2.75) is 33.8 Å². The van der Waals surface area contributed by atoms with E-state index in [4.69, 9.17) is 9.57 Å². The van der Waals surface area contributed by atoms with Crippen LogP contribution in [0.15, 0.2) is 35.5 Å². The Morgan fingerprint density at radius 3 is 2.60 bits per heavy atom. The fourth-order valence-electron chi connectivity index (χ4n) is 1.79. The summed E-state index contributed by atoms with van der Waals surface area (Å²) in [5.74, 6) is -0.120. The van der Waals surface area contributed by atoms with Crippen molar-refractivity contribution in [3.63, 3.8) is 0 Å². The van der Waals surface area contributed by atoms with Crippen LogP contribution in [0, 0.1) is 11.8 Å². The molecule has 0 N–H and O–H groups in total. The zero-order chi connectivity index (χ0) is 14.8. The lowest BCUT2D eigenvalue weighted by molar-refractivity contribution is -0.149. The van der Waals surface area contributed by atoms with Crippen LogP contribution in [0.5, 0.6) is 0 Å². The van der Waals surface area contributed by atoms with Crippen LogP contribution in [0.25, 0.3) is 0 Å². The molecule has 0 aliphatic rings. The average Bonchev–Trinajstić information content (AvgIpc) is 2.43. The second-order valence-corrected chi connectivity index (χ2v) is 4.89. The summed E-state index contributed by atoms with van der Waals surface area (Å²) in [6.45, 7) is 6.65. The highest BCUT2D eigenvalue weighted by Crippen LogP contribution is 2.16. The summed E-state index contributed by atoms with van der Waals surface area (Å²) < 4.78 is 5.05. The van der Waals surface area contributed by atoms with E-state index in [1.54, 1.807) is 6.21 Å². The van der Waals surface area contributed by atoms with E-state index in [2.05, 4.69) is 5.16 Å². The second-order valence-electron chi connectivity index (χ2n) is 4.89. The molecule has 0 aliphatic carbocycles. The van der Waals surface area contributed by atoms with E-state index in [1.807, 2.05) is 51.1 Å². The Morgan fingerprint density at radius 2 is 2.00 bits per heavy atom. The van der Waals surface area contributed by atoms with Gasteiger partial charge in [-0.3, -0.25) is 4.79 Å². The lowest BCUT2D eigenvalue weighted by Gasteiger charge is -2.16. The van der Waals surface area contributed by atoms with E-state index in [9.17, 15) is 4.79 Å². The number of ether oxygens (including phenoxy) is 1. The molecule has 0 bridgehead atoms. The van der Waals surface area contributed by atoms with Gasteiger partial charge in [0.05, 0.1) is 12.5 Å². The number of carbonyl (C=O) groups is 1. The van der Waals surface area contributed by atoms with E-state index in [0.717, 1.165) is 5.56 Å². The quantitative estimate of drug-likeness (QED) is 0.415. The van der Waals surface area contributed by atoms with E-state index in [1.165, 1.54) is 0 Å². The SMILES string of the molecule is CCOC(=O)C(C/C=N/OCc1ccccc1)C(C)C. The van der Waals surface area contributed by atoms with Crippen LogP contribution in [0.1, 0.15) is 32.8 Å². The van der Waals surface area contributed by atoms with E-state index >= 15 is 0 Å². The summed E-state index contributed by atoms with van der Waals surface area (Å²) >= 11 is 0. The lowest BCUT2D eigenvalue weighted by atomic mass is 9.93. The molecule has 0 radical (unpaired) electrons. The molecule has 0 fully saturated rings. The molecule has 4 heteroatoms. The number of esters is 1. The first-order chi connectivity index (χ1) is 9.65. The topological polar surface area (TPSA) is 47.9 Å². The second kappa shape index (κ2) is 9.13. The smallest absolute Gasteiger partial charge is 0.309 e. The van der Waals surface area contributed by atoms with Gasteiger partial charge >= 0.3 is 5.97 Å². The van der Waals surface area contributed by atoms with Gasteiger partial charge in [-0.05, 0) is 24.8 Å². The normalized spacial score (nSPS) is 12.6. The van der Waals surface area contributed by atoms with E-state index in [0.29, 0.717) is 19.6 Å². The molecule has 1 unspecified atom stereocenters. The van der Waals surface area contributed by atoms with Crippen LogP contribution in [0.3, 0.4) is 0 Å². The third kappa shape index (κ3) is 5.87. The van der Waals surface area contributed by atoms with Crippen LogP contribution in [0.4, 0.5) is 0 Å². The predicted octanol–water partition coefficient (Wildman–Crippen LogP) is 3.41. The van der Waals surface area contributed by atoms with E-state index < -0.39 is 0 Å². The van der Waals surface area contributed by atoms with Gasteiger partial charge in [0, 0.05) is 6.21 Å². The van der Waals surface area contributed by atoms with Gasteiger partial charge in [0.2, 0.25) is 0 Å². The summed E-state index contributed by atoms with van der Waals surface area (Å²) in [4.78, 5) is 17.0. The van der Waals surface area contributed by atoms with Crippen molar-refractivity contribution in [1.29, 1.82) is 0 Å². The molecule has 0 spiro atoms. The minimum absolute atomic E-state index is 0.168. The van der Waals surface area contributed by atoms with Crippen molar-refractivity contribution in [3.8, 4) is 0 Å². The highest BCUT2D eigenvalue weighted by Gasteiger charge is 2.22. The number of hydrogen-bond acceptors (Lipinski definition) is 4. The summed E-state index contributed by atoms with van der Waals surface area (Å²) in [6, 6.07) is 9.82. The molecule has 20 heavy (non-hydrogen) atoms. The molecule has 0 heterocycles. The first-order valence-corrected chi connectivity index (χ1v) is 6.99. The molecule has 1 atom stereocenters. The molecule has 1 rings (SSSR count). The molecule has 110 valence electrons. The maximum Gasteiger partial charge on any atom is 0.309 e. The number of carbonyl (C=O) groups excluding carboxylic acids is 1. The number of benzene rings is 1. The van der Waals surface area contributed by atoms with Gasteiger partial charge in [0.25, 0.3) is 0 Å². The largest absolute Gasteiger partial charge is 0.466 e. The summed E-state index contributed by atoms with van der Waals surface area (Å²) in [5.41, 5.74) is 1.07. The number of nitrogens with zero attached hydrogens (tertiary/aromatic N) is 1. The zero-order valence-electron chi connectivity index (χ0n) is 12.4. The fourth-order valence-corrected chi connectivity index (χ4v) is 1.79. The maximum atomic E-state index is 11.7. The van der Waals surface area contributed by atoms with Crippen LogP contribution >= 0.6 is 0 Å². The Hall–Kier alpha value is -1.84. The zero-order valence-corrected chi connectivity index (χ0v) is 12.4. The van der Waals surface area contributed by atoms with Gasteiger partial charge in [-0.15, -0.1) is 0 Å². The molecule has 0 amide bonds. The maximum absolute atomic E-state index is 11.7. The fraction of sp³-hybridized carbons (Fsp3) is 0.500. The van der Waals surface area contributed by atoms with Gasteiger partial charge < -0.3 is 9.57 Å². The Morgan fingerprint density at radius 1 is 1.30 bits per heavy atom. The molecule has 4 nitrogen and oxygen atoms in total. The van der Waals surface area contributed by atoms with Crippen molar-refractivity contribution < 1.29 is 14.4 Å². The predicted molar refractivity (Wildman–Crippen MR) is 79.3 cm³/mol. The molecule has 0 aromatic heterocycles. The summed E-state index contributed by atoms with van der Waals surface area (Å²) in [7, 11) is 0. The monoisotopic (exact) mass is 277 g/mol.